The first-order valence-electron chi connectivity index (χ1n) is 5.29. The number of rotatable bonds is 4. The SMILES string of the molecule is COc1cccc(OCc2ccc(Br)cc2)c1. The van der Waals surface area contributed by atoms with E-state index in [1.807, 2.05) is 48.5 Å². The fourth-order valence-corrected chi connectivity index (χ4v) is 1.70. The van der Waals surface area contributed by atoms with Crippen molar-refractivity contribution in [2.45, 2.75) is 6.61 Å². The number of halogens is 1. The molecular weight excluding hydrogens is 280 g/mol. The maximum atomic E-state index is 5.68. The minimum absolute atomic E-state index is 0.556. The normalized spacial score (nSPS) is 10.0. The molecule has 0 fully saturated rings. The highest BCUT2D eigenvalue weighted by atomic mass is 79.9. The summed E-state index contributed by atoms with van der Waals surface area (Å²) in [5.74, 6) is 1.62. The van der Waals surface area contributed by atoms with E-state index in [0.29, 0.717) is 6.61 Å². The molecule has 0 atom stereocenters. The first-order valence-corrected chi connectivity index (χ1v) is 6.08. The van der Waals surface area contributed by atoms with Crippen LogP contribution in [-0.4, -0.2) is 7.11 Å². The second-order valence-corrected chi connectivity index (χ2v) is 4.51. The van der Waals surface area contributed by atoms with E-state index < -0.39 is 0 Å². The average molecular weight is 293 g/mol. The molecule has 0 spiro atoms. The summed E-state index contributed by atoms with van der Waals surface area (Å²) < 4.78 is 11.9. The van der Waals surface area contributed by atoms with Crippen LogP contribution in [0.1, 0.15) is 5.56 Å². The second-order valence-electron chi connectivity index (χ2n) is 3.59. The Labute approximate surface area is 109 Å². The van der Waals surface area contributed by atoms with Crippen LogP contribution in [0.15, 0.2) is 53.0 Å². The summed E-state index contributed by atoms with van der Waals surface area (Å²) in [6, 6.07) is 15.7. The first-order chi connectivity index (χ1) is 8.28. The summed E-state index contributed by atoms with van der Waals surface area (Å²) in [5.41, 5.74) is 1.14. The first kappa shape index (κ1) is 12.0. The van der Waals surface area contributed by atoms with Crippen molar-refractivity contribution in [2.24, 2.45) is 0 Å². The Hall–Kier alpha value is -1.48. The molecule has 2 aromatic carbocycles. The fraction of sp³-hybridized carbons (Fsp3) is 0.143. The van der Waals surface area contributed by atoms with Crippen molar-refractivity contribution >= 4 is 15.9 Å². The van der Waals surface area contributed by atoms with Crippen molar-refractivity contribution < 1.29 is 9.47 Å². The fourth-order valence-electron chi connectivity index (χ4n) is 1.44. The second kappa shape index (κ2) is 5.73. The van der Waals surface area contributed by atoms with E-state index in [-0.39, 0.29) is 0 Å². The molecule has 0 aliphatic carbocycles. The van der Waals surface area contributed by atoms with Gasteiger partial charge in [-0.05, 0) is 29.8 Å². The van der Waals surface area contributed by atoms with Crippen LogP contribution in [0.3, 0.4) is 0 Å². The Morgan fingerprint density at radius 1 is 1.00 bits per heavy atom. The summed E-state index contributed by atoms with van der Waals surface area (Å²) >= 11 is 3.40. The highest BCUT2D eigenvalue weighted by Crippen LogP contribution is 2.20. The molecule has 0 bridgehead atoms. The average Bonchev–Trinajstić information content (AvgIpc) is 2.38. The molecule has 17 heavy (non-hydrogen) atoms. The maximum Gasteiger partial charge on any atom is 0.123 e. The van der Waals surface area contributed by atoms with Gasteiger partial charge in [0, 0.05) is 10.5 Å². The molecule has 0 aliphatic rings. The van der Waals surface area contributed by atoms with Crippen LogP contribution in [0.25, 0.3) is 0 Å². The number of hydrogen-bond donors (Lipinski definition) is 0. The number of benzene rings is 2. The summed E-state index contributed by atoms with van der Waals surface area (Å²) in [6.07, 6.45) is 0. The molecule has 2 aromatic rings. The van der Waals surface area contributed by atoms with Gasteiger partial charge in [-0.3, -0.25) is 0 Å². The number of ether oxygens (including phenoxy) is 2. The van der Waals surface area contributed by atoms with Gasteiger partial charge in [0.25, 0.3) is 0 Å². The Kier molecular flexibility index (Phi) is 4.04. The zero-order chi connectivity index (χ0) is 12.1. The Bertz CT molecular complexity index is 480. The van der Waals surface area contributed by atoms with E-state index in [4.69, 9.17) is 9.47 Å². The van der Waals surface area contributed by atoms with Gasteiger partial charge >= 0.3 is 0 Å². The molecular formula is C14H13BrO2. The third kappa shape index (κ3) is 3.49. The van der Waals surface area contributed by atoms with E-state index in [9.17, 15) is 0 Å². The molecule has 0 aliphatic heterocycles. The number of methoxy groups -OCH3 is 1. The maximum absolute atomic E-state index is 5.68. The Morgan fingerprint density at radius 3 is 2.41 bits per heavy atom. The highest BCUT2D eigenvalue weighted by molar-refractivity contribution is 9.10. The van der Waals surface area contributed by atoms with Crippen LogP contribution in [0, 0.1) is 0 Å². The monoisotopic (exact) mass is 292 g/mol. The zero-order valence-corrected chi connectivity index (χ0v) is 11.1. The van der Waals surface area contributed by atoms with E-state index in [1.165, 1.54) is 0 Å². The largest absolute Gasteiger partial charge is 0.497 e. The highest BCUT2D eigenvalue weighted by Gasteiger charge is 1.98. The lowest BCUT2D eigenvalue weighted by molar-refractivity contribution is 0.303. The lowest BCUT2D eigenvalue weighted by Crippen LogP contribution is -1.95. The molecule has 0 saturated heterocycles. The quantitative estimate of drug-likeness (QED) is 0.847. The number of hydrogen-bond acceptors (Lipinski definition) is 2. The van der Waals surface area contributed by atoms with Crippen molar-refractivity contribution in [1.29, 1.82) is 0 Å². The van der Waals surface area contributed by atoms with Gasteiger partial charge in [0.1, 0.15) is 18.1 Å². The van der Waals surface area contributed by atoms with Gasteiger partial charge in [-0.2, -0.15) is 0 Å². The predicted molar refractivity (Wildman–Crippen MR) is 71.5 cm³/mol. The van der Waals surface area contributed by atoms with Crippen molar-refractivity contribution in [3.63, 3.8) is 0 Å². The van der Waals surface area contributed by atoms with E-state index in [0.717, 1.165) is 21.5 Å². The lowest BCUT2D eigenvalue weighted by Gasteiger charge is -2.07. The Morgan fingerprint density at radius 2 is 1.71 bits per heavy atom. The molecule has 0 N–H and O–H groups in total. The minimum Gasteiger partial charge on any atom is -0.497 e. The van der Waals surface area contributed by atoms with E-state index in [1.54, 1.807) is 7.11 Å². The smallest absolute Gasteiger partial charge is 0.123 e. The van der Waals surface area contributed by atoms with E-state index in [2.05, 4.69) is 15.9 Å². The molecule has 0 amide bonds. The van der Waals surface area contributed by atoms with Crippen LogP contribution in [0.5, 0.6) is 11.5 Å². The van der Waals surface area contributed by atoms with Crippen LogP contribution in [0.2, 0.25) is 0 Å². The van der Waals surface area contributed by atoms with Crippen LogP contribution in [-0.2, 0) is 6.61 Å². The summed E-state index contributed by atoms with van der Waals surface area (Å²) in [7, 11) is 1.65. The van der Waals surface area contributed by atoms with Crippen molar-refractivity contribution in [2.75, 3.05) is 7.11 Å². The molecule has 3 heteroatoms. The molecule has 2 rings (SSSR count). The van der Waals surface area contributed by atoms with Crippen molar-refractivity contribution in [3.05, 3.63) is 58.6 Å². The van der Waals surface area contributed by atoms with E-state index >= 15 is 0 Å². The van der Waals surface area contributed by atoms with Crippen LogP contribution in [0.4, 0.5) is 0 Å². The van der Waals surface area contributed by atoms with Gasteiger partial charge < -0.3 is 9.47 Å². The lowest BCUT2D eigenvalue weighted by atomic mass is 10.2. The van der Waals surface area contributed by atoms with Crippen LogP contribution < -0.4 is 9.47 Å². The molecule has 0 aromatic heterocycles. The summed E-state index contributed by atoms with van der Waals surface area (Å²) in [5, 5.41) is 0. The molecule has 0 radical (unpaired) electrons. The zero-order valence-electron chi connectivity index (χ0n) is 9.52. The van der Waals surface area contributed by atoms with Gasteiger partial charge in [0.2, 0.25) is 0 Å². The van der Waals surface area contributed by atoms with Gasteiger partial charge in [0.15, 0.2) is 0 Å². The van der Waals surface area contributed by atoms with Crippen molar-refractivity contribution in [1.82, 2.24) is 0 Å². The predicted octanol–water partition coefficient (Wildman–Crippen LogP) is 4.04. The molecule has 2 nitrogen and oxygen atoms in total. The van der Waals surface area contributed by atoms with Gasteiger partial charge in [-0.1, -0.05) is 34.1 Å². The van der Waals surface area contributed by atoms with Gasteiger partial charge in [-0.15, -0.1) is 0 Å². The topological polar surface area (TPSA) is 18.5 Å². The standard InChI is InChI=1S/C14H13BrO2/c1-16-13-3-2-4-14(9-13)17-10-11-5-7-12(15)8-6-11/h2-9H,10H2,1H3. The molecule has 0 saturated carbocycles. The van der Waals surface area contributed by atoms with Gasteiger partial charge in [0.05, 0.1) is 7.11 Å². The summed E-state index contributed by atoms with van der Waals surface area (Å²) in [4.78, 5) is 0. The van der Waals surface area contributed by atoms with Gasteiger partial charge in [-0.25, -0.2) is 0 Å². The van der Waals surface area contributed by atoms with Crippen LogP contribution >= 0.6 is 15.9 Å². The van der Waals surface area contributed by atoms with Crippen molar-refractivity contribution in [3.8, 4) is 11.5 Å². The molecule has 0 unspecified atom stereocenters. The minimum atomic E-state index is 0.556. The molecule has 0 heterocycles. The third-order valence-electron chi connectivity index (χ3n) is 2.36. The Balaban J connectivity index is 1.99. The third-order valence-corrected chi connectivity index (χ3v) is 2.89. The molecule has 88 valence electrons. The summed E-state index contributed by atoms with van der Waals surface area (Å²) in [6.45, 7) is 0.556.